The average molecular weight is 472 g/mol. The number of rotatable bonds is 8. The average Bonchev–Trinajstić information content (AvgIpc) is 3.25. The van der Waals surface area contributed by atoms with Gasteiger partial charge >= 0.3 is 0 Å². The van der Waals surface area contributed by atoms with E-state index >= 15 is 0 Å². The maximum absolute atomic E-state index is 13.0. The summed E-state index contributed by atoms with van der Waals surface area (Å²) in [5.74, 6) is 0.704. The molecule has 1 amide bonds. The van der Waals surface area contributed by atoms with Crippen molar-refractivity contribution < 1.29 is 4.79 Å². The van der Waals surface area contributed by atoms with Gasteiger partial charge in [0, 0.05) is 24.2 Å². The van der Waals surface area contributed by atoms with Crippen molar-refractivity contribution in [2.24, 2.45) is 0 Å². The number of nitrogens with zero attached hydrogens (tertiary/aromatic N) is 3. The number of imidazole rings is 1. The van der Waals surface area contributed by atoms with Gasteiger partial charge in [0.05, 0.1) is 17.6 Å². The van der Waals surface area contributed by atoms with Crippen molar-refractivity contribution >= 4 is 29.3 Å². The lowest BCUT2D eigenvalue weighted by atomic mass is 9.97. The van der Waals surface area contributed by atoms with E-state index in [9.17, 15) is 4.79 Å². The Morgan fingerprint density at radius 1 is 1.19 bits per heavy atom. The first kappa shape index (κ1) is 23.4. The molecule has 1 aliphatic heterocycles. The molecule has 0 bridgehead atoms. The van der Waals surface area contributed by atoms with Crippen molar-refractivity contribution in [3.63, 3.8) is 0 Å². The summed E-state index contributed by atoms with van der Waals surface area (Å²) in [4.78, 5) is 19.9. The molecule has 0 spiro atoms. The first-order chi connectivity index (χ1) is 15.7. The van der Waals surface area contributed by atoms with Gasteiger partial charge in [-0.3, -0.25) is 4.79 Å². The first-order valence-electron chi connectivity index (χ1n) is 12.1. The van der Waals surface area contributed by atoms with E-state index in [1.165, 1.54) is 32.1 Å². The van der Waals surface area contributed by atoms with Crippen LogP contribution >= 0.6 is 23.4 Å². The third kappa shape index (κ3) is 5.79. The van der Waals surface area contributed by atoms with Crippen LogP contribution in [0, 0.1) is 0 Å². The second-order valence-corrected chi connectivity index (χ2v) is 10.3. The molecule has 0 saturated carbocycles. The lowest BCUT2D eigenvalue weighted by molar-refractivity contribution is -0.132. The molecule has 1 aromatic carbocycles. The topological polar surface area (TPSA) is 38.1 Å². The number of carbonyl (C=O) groups excluding carboxylic acids is 1. The third-order valence-corrected chi connectivity index (χ3v) is 7.97. The first-order valence-corrected chi connectivity index (χ1v) is 13.4. The quantitative estimate of drug-likeness (QED) is 0.308. The van der Waals surface area contributed by atoms with Gasteiger partial charge in [0.25, 0.3) is 0 Å². The molecule has 2 aromatic rings. The molecule has 6 heteroatoms. The summed E-state index contributed by atoms with van der Waals surface area (Å²) in [6, 6.07) is 8.36. The monoisotopic (exact) mass is 471 g/mol. The zero-order chi connectivity index (χ0) is 22.3. The Morgan fingerprint density at radius 2 is 2.03 bits per heavy atom. The van der Waals surface area contributed by atoms with E-state index in [-0.39, 0.29) is 5.91 Å². The second kappa shape index (κ2) is 11.4. The summed E-state index contributed by atoms with van der Waals surface area (Å²) in [6.07, 6.45) is 15.0. The van der Waals surface area contributed by atoms with Crippen LogP contribution in [0.15, 0.2) is 47.3 Å². The number of hydrogen-bond acceptors (Lipinski definition) is 3. The molecular formula is C26H34ClN3OS. The standard InChI is InChI=1S/C26H34ClN3OS/c1-2-23-10-6-7-16-29(23)25(31)19-32-26-28-18-24(21-11-13-22(27)14-12-21)30(26)17-15-20-8-4-3-5-9-20/h8,11-14,18,23H,2-7,9-10,15-17,19H2,1H3/t23-/m0/s1. The lowest BCUT2D eigenvalue weighted by Gasteiger charge is -2.35. The van der Waals surface area contributed by atoms with Gasteiger partial charge in [-0.05, 0) is 75.5 Å². The summed E-state index contributed by atoms with van der Waals surface area (Å²) < 4.78 is 2.30. The smallest absolute Gasteiger partial charge is 0.233 e. The molecule has 2 heterocycles. The van der Waals surface area contributed by atoms with Crippen LogP contribution in [0.3, 0.4) is 0 Å². The lowest BCUT2D eigenvalue weighted by Crippen LogP contribution is -2.44. The molecule has 1 aromatic heterocycles. The fourth-order valence-electron chi connectivity index (χ4n) is 4.89. The number of aromatic nitrogens is 2. The van der Waals surface area contributed by atoms with E-state index in [1.807, 2.05) is 18.3 Å². The molecule has 32 heavy (non-hydrogen) atoms. The number of thioether (sulfide) groups is 1. The molecule has 1 atom stereocenters. The minimum Gasteiger partial charge on any atom is -0.339 e. The van der Waals surface area contributed by atoms with Crippen molar-refractivity contribution in [2.45, 2.75) is 82.5 Å². The van der Waals surface area contributed by atoms with E-state index in [0.717, 1.165) is 60.2 Å². The van der Waals surface area contributed by atoms with Crippen molar-refractivity contribution in [3.8, 4) is 11.3 Å². The van der Waals surface area contributed by atoms with Gasteiger partial charge < -0.3 is 9.47 Å². The number of allylic oxidation sites excluding steroid dienone is 2. The fraction of sp³-hybridized carbons (Fsp3) is 0.538. The molecule has 4 rings (SSSR count). The van der Waals surface area contributed by atoms with E-state index in [1.54, 1.807) is 17.3 Å². The SMILES string of the molecule is CC[C@H]1CCCCN1C(=O)CSc1ncc(-c2ccc(Cl)cc2)n1CCC1=CCCCC1. The minimum atomic E-state index is 0.249. The highest BCUT2D eigenvalue weighted by atomic mass is 35.5. The Balaban J connectivity index is 1.50. The fourth-order valence-corrected chi connectivity index (χ4v) is 5.91. The van der Waals surface area contributed by atoms with E-state index < -0.39 is 0 Å². The number of piperidine rings is 1. The van der Waals surface area contributed by atoms with E-state index in [2.05, 4.69) is 34.6 Å². The number of amides is 1. The number of likely N-dealkylation sites (tertiary alicyclic amines) is 1. The number of halogens is 1. The number of carbonyl (C=O) groups is 1. The van der Waals surface area contributed by atoms with Gasteiger partial charge in [-0.2, -0.15) is 0 Å². The molecule has 2 aliphatic rings. The Kier molecular flexibility index (Phi) is 8.37. The van der Waals surface area contributed by atoms with Crippen molar-refractivity contribution in [2.75, 3.05) is 12.3 Å². The number of hydrogen-bond donors (Lipinski definition) is 0. The van der Waals surface area contributed by atoms with Crippen LogP contribution in [0.5, 0.6) is 0 Å². The zero-order valence-electron chi connectivity index (χ0n) is 19.1. The van der Waals surface area contributed by atoms with Gasteiger partial charge in [-0.15, -0.1) is 0 Å². The van der Waals surface area contributed by atoms with Crippen LogP contribution in [0.4, 0.5) is 0 Å². The van der Waals surface area contributed by atoms with Crippen LogP contribution in [0.25, 0.3) is 11.3 Å². The molecule has 0 N–H and O–H groups in total. The Hall–Kier alpha value is -1.72. The minimum absolute atomic E-state index is 0.249. The van der Waals surface area contributed by atoms with Gasteiger partial charge in [-0.25, -0.2) is 4.98 Å². The predicted octanol–water partition coefficient (Wildman–Crippen LogP) is 6.98. The highest BCUT2D eigenvalue weighted by Gasteiger charge is 2.25. The van der Waals surface area contributed by atoms with Gasteiger partial charge in [0.1, 0.15) is 0 Å². The molecule has 1 aliphatic carbocycles. The molecule has 4 nitrogen and oxygen atoms in total. The van der Waals surface area contributed by atoms with Gasteiger partial charge in [0.2, 0.25) is 5.91 Å². The summed E-state index contributed by atoms with van der Waals surface area (Å²) in [6.45, 7) is 3.98. The Morgan fingerprint density at radius 3 is 2.78 bits per heavy atom. The largest absolute Gasteiger partial charge is 0.339 e. The highest BCUT2D eigenvalue weighted by molar-refractivity contribution is 7.99. The van der Waals surface area contributed by atoms with Crippen LogP contribution < -0.4 is 0 Å². The predicted molar refractivity (Wildman–Crippen MR) is 134 cm³/mol. The summed E-state index contributed by atoms with van der Waals surface area (Å²) in [7, 11) is 0. The van der Waals surface area contributed by atoms with Crippen LogP contribution in [0.1, 0.15) is 64.7 Å². The summed E-state index contributed by atoms with van der Waals surface area (Å²) in [5, 5.41) is 1.67. The van der Waals surface area contributed by atoms with E-state index in [4.69, 9.17) is 16.6 Å². The van der Waals surface area contributed by atoms with Crippen LogP contribution in [-0.2, 0) is 11.3 Å². The molecule has 0 radical (unpaired) electrons. The van der Waals surface area contributed by atoms with Crippen molar-refractivity contribution in [1.82, 2.24) is 14.5 Å². The summed E-state index contributed by atoms with van der Waals surface area (Å²) >= 11 is 7.69. The summed E-state index contributed by atoms with van der Waals surface area (Å²) in [5.41, 5.74) is 3.76. The molecule has 1 fully saturated rings. The van der Waals surface area contributed by atoms with Gasteiger partial charge in [-0.1, -0.05) is 54.1 Å². The van der Waals surface area contributed by atoms with Crippen molar-refractivity contribution in [1.29, 1.82) is 0 Å². The Labute approximate surface area is 201 Å². The maximum atomic E-state index is 13.0. The molecule has 172 valence electrons. The Bertz CT molecular complexity index is 937. The van der Waals surface area contributed by atoms with Gasteiger partial charge in [0.15, 0.2) is 5.16 Å². The zero-order valence-corrected chi connectivity index (χ0v) is 20.6. The maximum Gasteiger partial charge on any atom is 0.233 e. The van der Waals surface area contributed by atoms with E-state index in [0.29, 0.717) is 11.8 Å². The molecule has 0 unspecified atom stereocenters. The molecular weight excluding hydrogens is 438 g/mol. The van der Waals surface area contributed by atoms with Crippen LogP contribution in [-0.4, -0.2) is 38.7 Å². The van der Waals surface area contributed by atoms with Crippen molar-refractivity contribution in [3.05, 3.63) is 47.1 Å². The molecule has 1 saturated heterocycles. The highest BCUT2D eigenvalue weighted by Crippen LogP contribution is 2.30. The third-order valence-electron chi connectivity index (χ3n) is 6.74. The second-order valence-electron chi connectivity index (χ2n) is 8.88. The number of benzene rings is 1. The normalized spacial score (nSPS) is 19.1. The van der Waals surface area contributed by atoms with Crippen LogP contribution in [0.2, 0.25) is 5.02 Å².